The number of nitrogens with one attached hydrogen (secondary N) is 2. The topological polar surface area (TPSA) is 63.2 Å². The molecular formula is C13H14ClN3O2S. The van der Waals surface area contributed by atoms with Gasteiger partial charge in [-0.05, 0) is 18.2 Å². The first kappa shape index (κ1) is 14.6. The molecule has 1 amide bonds. The number of aromatic nitrogens is 1. The van der Waals surface area contributed by atoms with Gasteiger partial charge in [0.05, 0.1) is 19.3 Å². The number of halogens is 1. The first-order valence-electron chi connectivity index (χ1n) is 5.88. The van der Waals surface area contributed by atoms with Gasteiger partial charge >= 0.3 is 0 Å². The number of ether oxygens (including phenoxy) is 1. The summed E-state index contributed by atoms with van der Waals surface area (Å²) in [6.07, 6.45) is 1.73. The van der Waals surface area contributed by atoms with E-state index in [-0.39, 0.29) is 5.91 Å². The van der Waals surface area contributed by atoms with Crippen LogP contribution in [0, 0.1) is 0 Å². The van der Waals surface area contributed by atoms with Gasteiger partial charge in [0.15, 0.2) is 4.47 Å². The second-order valence-electron chi connectivity index (χ2n) is 4.03. The average molecular weight is 312 g/mol. The van der Waals surface area contributed by atoms with Gasteiger partial charge in [-0.25, -0.2) is 4.98 Å². The Bertz CT molecular complexity index is 615. The first-order valence-corrected chi connectivity index (χ1v) is 7.07. The normalized spacial score (nSPS) is 10.2. The van der Waals surface area contributed by atoms with Crippen molar-refractivity contribution in [3.05, 3.63) is 33.7 Å². The van der Waals surface area contributed by atoms with E-state index in [1.54, 1.807) is 19.4 Å². The van der Waals surface area contributed by atoms with E-state index in [0.717, 1.165) is 10.6 Å². The van der Waals surface area contributed by atoms with Gasteiger partial charge in [0, 0.05) is 23.7 Å². The lowest BCUT2D eigenvalue weighted by Gasteiger charge is -2.12. The Hall–Kier alpha value is -1.79. The van der Waals surface area contributed by atoms with Gasteiger partial charge in [-0.2, -0.15) is 0 Å². The molecule has 1 heterocycles. The minimum absolute atomic E-state index is 0.144. The highest BCUT2D eigenvalue weighted by Crippen LogP contribution is 2.28. The molecule has 0 unspecified atom stereocenters. The number of carbonyl (C=O) groups excluding carboxylic acids is 1. The van der Waals surface area contributed by atoms with E-state index in [9.17, 15) is 4.79 Å². The number of hydrogen-bond donors (Lipinski definition) is 2. The van der Waals surface area contributed by atoms with E-state index < -0.39 is 0 Å². The SMILES string of the molecule is COc1ccc(NCc2cnc(Cl)s2)cc1NC(C)=O. The van der Waals surface area contributed by atoms with Crippen LogP contribution in [0.25, 0.3) is 0 Å². The summed E-state index contributed by atoms with van der Waals surface area (Å²) in [6, 6.07) is 5.50. The van der Waals surface area contributed by atoms with E-state index in [1.165, 1.54) is 18.3 Å². The largest absolute Gasteiger partial charge is 0.495 e. The highest BCUT2D eigenvalue weighted by Gasteiger charge is 2.06. The number of nitrogens with zero attached hydrogens (tertiary/aromatic N) is 1. The lowest BCUT2D eigenvalue weighted by molar-refractivity contribution is -0.114. The summed E-state index contributed by atoms with van der Waals surface area (Å²) in [6.45, 7) is 2.08. The van der Waals surface area contributed by atoms with Crippen molar-refractivity contribution in [2.75, 3.05) is 17.7 Å². The van der Waals surface area contributed by atoms with E-state index in [1.807, 2.05) is 12.1 Å². The Morgan fingerprint density at radius 3 is 2.90 bits per heavy atom. The first-order chi connectivity index (χ1) is 9.58. The fourth-order valence-electron chi connectivity index (χ4n) is 1.66. The van der Waals surface area contributed by atoms with Crippen molar-refractivity contribution in [2.24, 2.45) is 0 Å². The van der Waals surface area contributed by atoms with Crippen LogP contribution in [0.5, 0.6) is 5.75 Å². The van der Waals surface area contributed by atoms with Gasteiger partial charge < -0.3 is 15.4 Å². The van der Waals surface area contributed by atoms with Crippen LogP contribution in [0.15, 0.2) is 24.4 Å². The lowest BCUT2D eigenvalue weighted by atomic mass is 10.2. The van der Waals surface area contributed by atoms with E-state index in [0.29, 0.717) is 22.4 Å². The summed E-state index contributed by atoms with van der Waals surface area (Å²) in [5, 5.41) is 5.98. The molecule has 5 nitrogen and oxygen atoms in total. The zero-order chi connectivity index (χ0) is 14.5. The standard InChI is InChI=1S/C13H14ClN3O2S/c1-8(18)17-11-5-9(3-4-12(11)19-2)15-6-10-7-16-13(14)20-10/h3-5,7,15H,6H2,1-2H3,(H,17,18). The van der Waals surface area contributed by atoms with Gasteiger partial charge in [0.25, 0.3) is 0 Å². The third-order valence-corrected chi connectivity index (χ3v) is 3.62. The molecule has 0 spiro atoms. The number of carbonyl (C=O) groups is 1. The summed E-state index contributed by atoms with van der Waals surface area (Å²) in [4.78, 5) is 16.2. The molecule has 0 saturated heterocycles. The highest BCUT2D eigenvalue weighted by molar-refractivity contribution is 7.15. The maximum absolute atomic E-state index is 11.2. The zero-order valence-corrected chi connectivity index (χ0v) is 12.6. The highest BCUT2D eigenvalue weighted by atomic mass is 35.5. The van der Waals surface area contributed by atoms with E-state index in [4.69, 9.17) is 16.3 Å². The third kappa shape index (κ3) is 3.85. The maximum atomic E-state index is 11.2. The summed E-state index contributed by atoms with van der Waals surface area (Å²) in [7, 11) is 1.56. The maximum Gasteiger partial charge on any atom is 0.221 e. The number of amides is 1. The summed E-state index contributed by atoms with van der Waals surface area (Å²) in [5.41, 5.74) is 1.51. The smallest absolute Gasteiger partial charge is 0.221 e. The van der Waals surface area contributed by atoms with E-state index >= 15 is 0 Å². The van der Waals surface area contributed by atoms with Crippen molar-refractivity contribution in [2.45, 2.75) is 13.5 Å². The van der Waals surface area contributed by atoms with Gasteiger partial charge in [-0.1, -0.05) is 11.6 Å². The van der Waals surface area contributed by atoms with Crippen molar-refractivity contribution < 1.29 is 9.53 Å². The van der Waals surface area contributed by atoms with Crippen molar-refractivity contribution >= 4 is 40.2 Å². The third-order valence-electron chi connectivity index (χ3n) is 2.50. The number of hydrogen-bond acceptors (Lipinski definition) is 5. The van der Waals surface area contributed by atoms with Crippen LogP contribution in [0.2, 0.25) is 4.47 Å². The Morgan fingerprint density at radius 1 is 1.50 bits per heavy atom. The van der Waals surface area contributed by atoms with Gasteiger partial charge in [-0.3, -0.25) is 4.79 Å². The van der Waals surface area contributed by atoms with Crippen LogP contribution in [0.3, 0.4) is 0 Å². The molecule has 0 radical (unpaired) electrons. The molecule has 0 atom stereocenters. The summed E-state index contributed by atoms with van der Waals surface area (Å²) in [5.74, 6) is 0.473. The van der Waals surface area contributed by atoms with Crippen molar-refractivity contribution in [1.29, 1.82) is 0 Å². The Kier molecular flexibility index (Phi) is 4.81. The van der Waals surface area contributed by atoms with Gasteiger partial charge in [-0.15, -0.1) is 11.3 Å². The number of methoxy groups -OCH3 is 1. The molecule has 1 aromatic heterocycles. The van der Waals surface area contributed by atoms with Crippen LogP contribution >= 0.6 is 22.9 Å². The molecule has 0 bridgehead atoms. The van der Waals surface area contributed by atoms with E-state index in [2.05, 4.69) is 15.6 Å². The molecule has 0 aliphatic carbocycles. The number of benzene rings is 1. The molecule has 106 valence electrons. The van der Waals surface area contributed by atoms with Crippen LogP contribution in [-0.4, -0.2) is 18.0 Å². The van der Waals surface area contributed by atoms with Crippen molar-refractivity contribution in [3.63, 3.8) is 0 Å². The fourth-order valence-corrected chi connectivity index (χ4v) is 2.58. The average Bonchev–Trinajstić information content (AvgIpc) is 2.82. The predicted octanol–water partition coefficient (Wildman–Crippen LogP) is 3.38. The minimum Gasteiger partial charge on any atom is -0.495 e. The van der Waals surface area contributed by atoms with Crippen LogP contribution in [0.1, 0.15) is 11.8 Å². The summed E-state index contributed by atoms with van der Waals surface area (Å²) >= 11 is 7.21. The van der Waals surface area contributed by atoms with Gasteiger partial charge in [0.2, 0.25) is 5.91 Å². The molecule has 2 aromatic rings. The molecule has 2 N–H and O–H groups in total. The molecular weight excluding hydrogens is 298 g/mol. The fraction of sp³-hybridized carbons (Fsp3) is 0.231. The summed E-state index contributed by atoms with van der Waals surface area (Å²) < 4.78 is 5.72. The second kappa shape index (κ2) is 6.58. The quantitative estimate of drug-likeness (QED) is 0.888. The molecule has 1 aromatic carbocycles. The van der Waals surface area contributed by atoms with Gasteiger partial charge in [0.1, 0.15) is 5.75 Å². The molecule has 20 heavy (non-hydrogen) atoms. The van der Waals surface area contributed by atoms with Crippen LogP contribution in [-0.2, 0) is 11.3 Å². The molecule has 0 aliphatic heterocycles. The minimum atomic E-state index is -0.144. The monoisotopic (exact) mass is 311 g/mol. The van der Waals surface area contributed by atoms with Crippen LogP contribution < -0.4 is 15.4 Å². The number of rotatable bonds is 5. The second-order valence-corrected chi connectivity index (χ2v) is 5.73. The van der Waals surface area contributed by atoms with Crippen LogP contribution in [0.4, 0.5) is 11.4 Å². The Morgan fingerprint density at radius 2 is 2.30 bits per heavy atom. The predicted molar refractivity (Wildman–Crippen MR) is 81.7 cm³/mol. The molecule has 0 saturated carbocycles. The molecule has 2 rings (SSSR count). The van der Waals surface area contributed by atoms with Crippen molar-refractivity contribution in [3.8, 4) is 5.75 Å². The lowest BCUT2D eigenvalue weighted by Crippen LogP contribution is -2.08. The van der Waals surface area contributed by atoms with Crippen molar-refractivity contribution in [1.82, 2.24) is 4.98 Å². The molecule has 7 heteroatoms. The number of thiazole rings is 1. The molecule has 0 aliphatic rings. The Balaban J connectivity index is 2.09. The zero-order valence-electron chi connectivity index (χ0n) is 11.1. The number of anilines is 2. The molecule has 0 fully saturated rings. The Labute approximate surface area is 125 Å².